The van der Waals surface area contributed by atoms with Crippen LogP contribution in [0.4, 0.5) is 0 Å². The van der Waals surface area contributed by atoms with Gasteiger partial charge in [0.2, 0.25) is 0 Å². The second-order valence-corrected chi connectivity index (χ2v) is 4.00. The van der Waals surface area contributed by atoms with Crippen molar-refractivity contribution in [2.24, 2.45) is 0 Å². The minimum atomic E-state index is -0.0322. The van der Waals surface area contributed by atoms with E-state index in [4.69, 9.17) is 9.47 Å². The van der Waals surface area contributed by atoms with Crippen molar-refractivity contribution < 1.29 is 9.47 Å². The van der Waals surface area contributed by atoms with Gasteiger partial charge >= 0.3 is 0 Å². The molecule has 0 spiro atoms. The zero-order valence-electron chi connectivity index (χ0n) is 8.93. The standard InChI is InChI=1S/C10H21NO2/c1-9(2)13-8-10(12-3)4-6-11-7-5-10/h9,11H,4-8H2,1-3H3. The summed E-state index contributed by atoms with van der Waals surface area (Å²) < 4.78 is 11.2. The van der Waals surface area contributed by atoms with Gasteiger partial charge in [-0.25, -0.2) is 0 Å². The SMILES string of the molecule is COC1(COC(C)C)CCNCC1. The van der Waals surface area contributed by atoms with E-state index < -0.39 is 0 Å². The van der Waals surface area contributed by atoms with Gasteiger partial charge in [0.1, 0.15) is 0 Å². The molecule has 78 valence electrons. The highest BCUT2D eigenvalue weighted by Crippen LogP contribution is 2.23. The molecule has 3 nitrogen and oxygen atoms in total. The van der Waals surface area contributed by atoms with Gasteiger partial charge in [-0.15, -0.1) is 0 Å². The van der Waals surface area contributed by atoms with Gasteiger partial charge in [0.05, 0.1) is 18.3 Å². The summed E-state index contributed by atoms with van der Waals surface area (Å²) in [6.07, 6.45) is 2.40. The monoisotopic (exact) mass is 187 g/mol. The van der Waals surface area contributed by atoms with Crippen LogP contribution >= 0.6 is 0 Å². The zero-order valence-corrected chi connectivity index (χ0v) is 8.93. The van der Waals surface area contributed by atoms with Crippen molar-refractivity contribution in [3.8, 4) is 0 Å². The van der Waals surface area contributed by atoms with E-state index in [-0.39, 0.29) is 5.60 Å². The first-order valence-corrected chi connectivity index (χ1v) is 5.06. The lowest BCUT2D eigenvalue weighted by atomic mass is 9.93. The molecule has 0 bridgehead atoms. The summed E-state index contributed by atoms with van der Waals surface area (Å²) in [6.45, 7) is 6.92. The summed E-state index contributed by atoms with van der Waals surface area (Å²) in [5.74, 6) is 0. The molecule has 0 aliphatic carbocycles. The Bertz CT molecular complexity index is 142. The van der Waals surface area contributed by atoms with Crippen molar-refractivity contribution in [1.82, 2.24) is 5.32 Å². The molecule has 1 N–H and O–H groups in total. The molecule has 0 amide bonds. The number of rotatable bonds is 4. The Morgan fingerprint density at radius 1 is 1.31 bits per heavy atom. The quantitative estimate of drug-likeness (QED) is 0.717. The Balaban J connectivity index is 2.38. The molecule has 0 aromatic carbocycles. The number of piperidine rings is 1. The van der Waals surface area contributed by atoms with E-state index >= 15 is 0 Å². The van der Waals surface area contributed by atoms with Crippen molar-refractivity contribution in [2.75, 3.05) is 26.8 Å². The van der Waals surface area contributed by atoms with E-state index in [2.05, 4.69) is 19.2 Å². The third kappa shape index (κ3) is 3.25. The fraction of sp³-hybridized carbons (Fsp3) is 1.00. The fourth-order valence-electron chi connectivity index (χ4n) is 1.61. The fourth-order valence-corrected chi connectivity index (χ4v) is 1.61. The first kappa shape index (κ1) is 11.0. The Morgan fingerprint density at radius 3 is 2.38 bits per heavy atom. The summed E-state index contributed by atoms with van der Waals surface area (Å²) >= 11 is 0. The summed E-state index contributed by atoms with van der Waals surface area (Å²) in [4.78, 5) is 0. The van der Waals surface area contributed by atoms with Crippen molar-refractivity contribution in [3.63, 3.8) is 0 Å². The maximum atomic E-state index is 5.62. The smallest absolute Gasteiger partial charge is 0.0935 e. The van der Waals surface area contributed by atoms with Gasteiger partial charge in [0.15, 0.2) is 0 Å². The molecule has 1 saturated heterocycles. The number of hydrogen-bond acceptors (Lipinski definition) is 3. The molecule has 1 aliphatic heterocycles. The number of nitrogens with one attached hydrogen (secondary N) is 1. The molecular formula is C10H21NO2. The lowest BCUT2D eigenvalue weighted by Gasteiger charge is -2.36. The second kappa shape index (κ2) is 4.94. The number of hydrogen-bond donors (Lipinski definition) is 1. The summed E-state index contributed by atoms with van der Waals surface area (Å²) in [6, 6.07) is 0. The predicted octanol–water partition coefficient (Wildman–Crippen LogP) is 1.18. The van der Waals surface area contributed by atoms with E-state index in [0.29, 0.717) is 6.10 Å². The van der Waals surface area contributed by atoms with Crippen LogP contribution in [0.3, 0.4) is 0 Å². The molecule has 1 rings (SSSR count). The van der Waals surface area contributed by atoms with Crippen molar-refractivity contribution >= 4 is 0 Å². The van der Waals surface area contributed by atoms with E-state index in [0.717, 1.165) is 32.5 Å². The Kier molecular flexibility index (Phi) is 4.16. The molecule has 13 heavy (non-hydrogen) atoms. The normalized spacial score (nSPS) is 22.2. The predicted molar refractivity (Wildman–Crippen MR) is 52.9 cm³/mol. The third-order valence-electron chi connectivity index (χ3n) is 2.63. The van der Waals surface area contributed by atoms with Gasteiger partial charge < -0.3 is 14.8 Å². The highest BCUT2D eigenvalue weighted by Gasteiger charge is 2.32. The minimum absolute atomic E-state index is 0.0322. The van der Waals surface area contributed by atoms with E-state index in [1.165, 1.54) is 0 Å². The van der Waals surface area contributed by atoms with Crippen LogP contribution in [0.2, 0.25) is 0 Å². The van der Waals surface area contributed by atoms with Crippen LogP contribution in [-0.4, -0.2) is 38.5 Å². The highest BCUT2D eigenvalue weighted by atomic mass is 16.5. The highest BCUT2D eigenvalue weighted by molar-refractivity contribution is 4.85. The molecule has 1 fully saturated rings. The maximum absolute atomic E-state index is 5.62. The Morgan fingerprint density at radius 2 is 1.92 bits per heavy atom. The molecular weight excluding hydrogens is 166 g/mol. The van der Waals surface area contributed by atoms with Crippen LogP contribution in [0, 0.1) is 0 Å². The molecule has 0 saturated carbocycles. The molecule has 0 aromatic rings. The van der Waals surface area contributed by atoms with Gasteiger partial charge in [0, 0.05) is 7.11 Å². The zero-order chi connectivity index (χ0) is 9.73. The number of methoxy groups -OCH3 is 1. The first-order chi connectivity index (χ1) is 6.18. The van der Waals surface area contributed by atoms with Crippen LogP contribution in [0.25, 0.3) is 0 Å². The van der Waals surface area contributed by atoms with E-state index in [1.807, 2.05) is 0 Å². The molecule has 1 aliphatic rings. The van der Waals surface area contributed by atoms with Crippen LogP contribution in [0.5, 0.6) is 0 Å². The summed E-state index contributed by atoms with van der Waals surface area (Å²) in [5, 5.41) is 3.33. The van der Waals surface area contributed by atoms with Gasteiger partial charge in [-0.3, -0.25) is 0 Å². The maximum Gasteiger partial charge on any atom is 0.0935 e. The van der Waals surface area contributed by atoms with E-state index in [9.17, 15) is 0 Å². The Labute approximate surface area is 80.8 Å². The van der Waals surface area contributed by atoms with Crippen molar-refractivity contribution in [2.45, 2.75) is 38.4 Å². The molecule has 0 unspecified atom stereocenters. The number of ether oxygens (including phenoxy) is 2. The van der Waals surface area contributed by atoms with Crippen molar-refractivity contribution in [1.29, 1.82) is 0 Å². The Hall–Kier alpha value is -0.120. The summed E-state index contributed by atoms with van der Waals surface area (Å²) in [7, 11) is 1.79. The van der Waals surface area contributed by atoms with Gasteiger partial charge in [-0.1, -0.05) is 0 Å². The summed E-state index contributed by atoms with van der Waals surface area (Å²) in [5.41, 5.74) is -0.0322. The van der Waals surface area contributed by atoms with Crippen LogP contribution < -0.4 is 5.32 Å². The largest absolute Gasteiger partial charge is 0.376 e. The lowest BCUT2D eigenvalue weighted by molar-refractivity contribution is -0.104. The molecule has 0 radical (unpaired) electrons. The molecule has 0 aromatic heterocycles. The van der Waals surface area contributed by atoms with Gasteiger partial charge in [-0.05, 0) is 39.8 Å². The molecule has 3 heteroatoms. The average molecular weight is 187 g/mol. The van der Waals surface area contributed by atoms with Crippen molar-refractivity contribution in [3.05, 3.63) is 0 Å². The second-order valence-electron chi connectivity index (χ2n) is 4.00. The lowest BCUT2D eigenvalue weighted by Crippen LogP contribution is -2.47. The molecule has 0 atom stereocenters. The molecule has 1 heterocycles. The minimum Gasteiger partial charge on any atom is -0.376 e. The van der Waals surface area contributed by atoms with Crippen LogP contribution in [-0.2, 0) is 9.47 Å². The van der Waals surface area contributed by atoms with Crippen LogP contribution in [0.15, 0.2) is 0 Å². The van der Waals surface area contributed by atoms with E-state index in [1.54, 1.807) is 7.11 Å². The van der Waals surface area contributed by atoms with Gasteiger partial charge in [0.25, 0.3) is 0 Å². The third-order valence-corrected chi connectivity index (χ3v) is 2.63. The average Bonchev–Trinajstić information content (AvgIpc) is 2.16. The van der Waals surface area contributed by atoms with Gasteiger partial charge in [-0.2, -0.15) is 0 Å². The topological polar surface area (TPSA) is 30.5 Å². The first-order valence-electron chi connectivity index (χ1n) is 5.06. The van der Waals surface area contributed by atoms with Crippen LogP contribution in [0.1, 0.15) is 26.7 Å².